The lowest BCUT2D eigenvalue weighted by molar-refractivity contribution is 0.102. The highest BCUT2D eigenvalue weighted by Crippen LogP contribution is 2.25. The third-order valence-corrected chi connectivity index (χ3v) is 8.27. The molecule has 3 heterocycles. The van der Waals surface area contributed by atoms with Gasteiger partial charge in [-0.15, -0.1) is 10.2 Å². The smallest absolute Gasteiger partial charge is 0.243 e. The molecule has 0 spiro atoms. The molecule has 4 rings (SSSR count). The number of thioether (sulfide) groups is 1. The van der Waals surface area contributed by atoms with Crippen LogP contribution in [0.25, 0.3) is 11.4 Å². The molecule has 0 unspecified atom stereocenters. The number of sulfonamides is 1. The molecule has 2 aromatic heterocycles. The van der Waals surface area contributed by atoms with Gasteiger partial charge in [-0.05, 0) is 37.1 Å². The maximum Gasteiger partial charge on any atom is 0.243 e. The summed E-state index contributed by atoms with van der Waals surface area (Å²) in [6, 6.07) is 9.87. The molecule has 1 aliphatic rings. The number of hydrogen-bond donors (Lipinski definition) is 0. The number of methoxy groups -OCH3 is 1. The van der Waals surface area contributed by atoms with Crippen LogP contribution >= 0.6 is 11.8 Å². The van der Waals surface area contributed by atoms with Crippen LogP contribution in [0, 0.1) is 0 Å². The van der Waals surface area contributed by atoms with E-state index in [1.54, 1.807) is 31.6 Å². The van der Waals surface area contributed by atoms with Crippen molar-refractivity contribution in [3.8, 4) is 11.4 Å². The maximum absolute atomic E-state index is 12.8. The largest absolute Gasteiger partial charge is 0.383 e. The highest BCUT2D eigenvalue weighted by atomic mass is 32.2. The van der Waals surface area contributed by atoms with E-state index >= 15 is 0 Å². The standard InChI is InChI=1S/C22H25N5O4S2/c1-31-15-14-27-21(18-8-10-23-11-9-18)24-25-22(27)32-16-20(28)17-4-6-19(7-5-17)33(29,30)26-12-2-3-13-26/h4-11H,2-3,12-16H2,1H3. The Kier molecular flexibility index (Phi) is 7.53. The van der Waals surface area contributed by atoms with Crippen molar-refractivity contribution in [3.63, 3.8) is 0 Å². The summed E-state index contributed by atoms with van der Waals surface area (Å²) in [7, 11) is -1.87. The highest BCUT2D eigenvalue weighted by Gasteiger charge is 2.27. The number of hydrogen-bond acceptors (Lipinski definition) is 8. The van der Waals surface area contributed by atoms with Gasteiger partial charge in [-0.2, -0.15) is 4.31 Å². The Hall–Kier alpha value is -2.60. The molecule has 1 fully saturated rings. The van der Waals surface area contributed by atoms with Crippen molar-refractivity contribution in [2.45, 2.75) is 29.4 Å². The number of rotatable bonds is 10. The molecule has 3 aromatic rings. The van der Waals surface area contributed by atoms with E-state index in [1.807, 2.05) is 16.7 Å². The van der Waals surface area contributed by atoms with E-state index in [9.17, 15) is 13.2 Å². The second-order valence-corrected chi connectivity index (χ2v) is 10.4. The molecule has 0 aliphatic carbocycles. The van der Waals surface area contributed by atoms with Crippen molar-refractivity contribution >= 4 is 27.6 Å². The molecule has 0 radical (unpaired) electrons. The summed E-state index contributed by atoms with van der Waals surface area (Å²) in [5, 5.41) is 9.17. The molecule has 174 valence electrons. The van der Waals surface area contributed by atoms with Crippen LogP contribution in [-0.4, -0.2) is 70.8 Å². The van der Waals surface area contributed by atoms with Gasteiger partial charge in [-0.25, -0.2) is 8.42 Å². The van der Waals surface area contributed by atoms with Crippen molar-refractivity contribution in [1.29, 1.82) is 0 Å². The van der Waals surface area contributed by atoms with Crippen LogP contribution in [0.2, 0.25) is 0 Å². The summed E-state index contributed by atoms with van der Waals surface area (Å²) in [6.07, 6.45) is 5.14. The minimum atomic E-state index is -3.50. The van der Waals surface area contributed by atoms with E-state index in [-0.39, 0.29) is 16.4 Å². The Morgan fingerprint density at radius 2 is 1.76 bits per heavy atom. The van der Waals surface area contributed by atoms with Gasteiger partial charge in [-0.1, -0.05) is 23.9 Å². The lowest BCUT2D eigenvalue weighted by atomic mass is 10.1. The summed E-state index contributed by atoms with van der Waals surface area (Å²) < 4.78 is 34.0. The summed E-state index contributed by atoms with van der Waals surface area (Å²) in [5.41, 5.74) is 1.33. The second kappa shape index (κ2) is 10.6. The van der Waals surface area contributed by atoms with E-state index < -0.39 is 10.0 Å². The zero-order chi connectivity index (χ0) is 23.3. The number of carbonyl (C=O) groups is 1. The number of nitrogens with zero attached hydrogens (tertiary/aromatic N) is 5. The minimum Gasteiger partial charge on any atom is -0.383 e. The Bertz CT molecular complexity index is 1190. The van der Waals surface area contributed by atoms with Crippen LogP contribution in [0.5, 0.6) is 0 Å². The monoisotopic (exact) mass is 487 g/mol. The van der Waals surface area contributed by atoms with Crippen molar-refractivity contribution in [2.24, 2.45) is 0 Å². The van der Waals surface area contributed by atoms with E-state index in [1.165, 1.54) is 28.2 Å². The summed E-state index contributed by atoms with van der Waals surface area (Å²) in [5.74, 6) is 0.720. The van der Waals surface area contributed by atoms with Crippen LogP contribution in [-0.2, 0) is 21.3 Å². The van der Waals surface area contributed by atoms with Gasteiger partial charge >= 0.3 is 0 Å². The van der Waals surface area contributed by atoms with Crippen LogP contribution in [0.4, 0.5) is 0 Å². The molecule has 1 aliphatic heterocycles. The van der Waals surface area contributed by atoms with Crippen LogP contribution < -0.4 is 0 Å². The van der Waals surface area contributed by atoms with Gasteiger partial charge in [-0.3, -0.25) is 14.3 Å². The van der Waals surface area contributed by atoms with E-state index in [4.69, 9.17) is 4.74 Å². The average Bonchev–Trinajstić information content (AvgIpc) is 3.52. The van der Waals surface area contributed by atoms with Gasteiger partial charge in [0.2, 0.25) is 10.0 Å². The maximum atomic E-state index is 12.8. The molecule has 11 heteroatoms. The number of pyridine rings is 1. The van der Waals surface area contributed by atoms with E-state index in [0.717, 1.165) is 18.4 Å². The van der Waals surface area contributed by atoms with Crippen LogP contribution in [0.15, 0.2) is 58.8 Å². The number of aromatic nitrogens is 4. The summed E-state index contributed by atoms with van der Waals surface area (Å²) in [4.78, 5) is 17.0. The summed E-state index contributed by atoms with van der Waals surface area (Å²) >= 11 is 1.29. The molecule has 1 aromatic carbocycles. The third kappa shape index (κ3) is 5.32. The first kappa shape index (κ1) is 23.6. The fraction of sp³-hybridized carbons (Fsp3) is 0.364. The first-order valence-corrected chi connectivity index (χ1v) is 13.0. The number of benzene rings is 1. The lowest BCUT2D eigenvalue weighted by Crippen LogP contribution is -2.27. The number of ketones is 1. The topological polar surface area (TPSA) is 107 Å². The van der Waals surface area contributed by atoms with E-state index in [0.29, 0.717) is 42.8 Å². The zero-order valence-electron chi connectivity index (χ0n) is 18.3. The summed E-state index contributed by atoms with van der Waals surface area (Å²) in [6.45, 7) is 2.11. The van der Waals surface area contributed by atoms with Crippen LogP contribution in [0.1, 0.15) is 23.2 Å². The van der Waals surface area contributed by atoms with Gasteiger partial charge in [0, 0.05) is 43.7 Å². The average molecular weight is 488 g/mol. The molecule has 0 atom stereocenters. The van der Waals surface area contributed by atoms with Gasteiger partial charge in [0.05, 0.1) is 23.8 Å². The van der Waals surface area contributed by atoms with Gasteiger partial charge in [0.15, 0.2) is 16.8 Å². The Balaban J connectivity index is 1.46. The Morgan fingerprint density at radius 3 is 2.42 bits per heavy atom. The molecule has 0 amide bonds. The first-order valence-electron chi connectivity index (χ1n) is 10.6. The van der Waals surface area contributed by atoms with Gasteiger partial charge < -0.3 is 4.74 Å². The molecule has 33 heavy (non-hydrogen) atoms. The van der Waals surface area contributed by atoms with Crippen molar-refractivity contribution in [2.75, 3.05) is 32.6 Å². The molecular formula is C22H25N5O4S2. The predicted molar refractivity (Wildman–Crippen MR) is 125 cm³/mol. The number of ether oxygens (including phenoxy) is 1. The van der Waals surface area contributed by atoms with Gasteiger partial charge in [0.1, 0.15) is 0 Å². The molecule has 9 nitrogen and oxygen atoms in total. The first-order chi connectivity index (χ1) is 16.0. The quantitative estimate of drug-likeness (QED) is 0.317. The molecule has 0 saturated carbocycles. The normalized spacial score (nSPS) is 14.6. The second-order valence-electron chi connectivity index (χ2n) is 7.53. The Labute approximate surface area is 197 Å². The van der Waals surface area contributed by atoms with Crippen molar-refractivity contribution in [1.82, 2.24) is 24.1 Å². The Morgan fingerprint density at radius 1 is 1.06 bits per heavy atom. The zero-order valence-corrected chi connectivity index (χ0v) is 19.9. The number of Topliss-reactive ketones (excluding diaryl/α,β-unsaturated/α-hetero) is 1. The SMILES string of the molecule is COCCn1c(SCC(=O)c2ccc(S(=O)(=O)N3CCCC3)cc2)nnc1-c1ccncc1. The van der Waals surface area contributed by atoms with Gasteiger partial charge in [0.25, 0.3) is 0 Å². The lowest BCUT2D eigenvalue weighted by Gasteiger charge is -2.15. The molecule has 1 saturated heterocycles. The third-order valence-electron chi connectivity index (χ3n) is 5.39. The fourth-order valence-corrected chi connectivity index (χ4v) is 5.97. The minimum absolute atomic E-state index is 0.114. The van der Waals surface area contributed by atoms with E-state index in [2.05, 4.69) is 15.2 Å². The van der Waals surface area contributed by atoms with Crippen molar-refractivity contribution in [3.05, 3.63) is 54.4 Å². The fourth-order valence-electron chi connectivity index (χ4n) is 3.60. The van der Waals surface area contributed by atoms with Crippen molar-refractivity contribution < 1.29 is 17.9 Å². The predicted octanol–water partition coefficient (Wildman–Crippen LogP) is 2.75. The molecular weight excluding hydrogens is 462 g/mol. The van der Waals surface area contributed by atoms with Crippen LogP contribution in [0.3, 0.4) is 0 Å². The number of carbonyl (C=O) groups excluding carboxylic acids is 1. The molecule has 0 N–H and O–H groups in total. The molecule has 0 bridgehead atoms. The highest BCUT2D eigenvalue weighted by molar-refractivity contribution is 7.99.